The second-order valence-electron chi connectivity index (χ2n) is 2.49. The summed E-state index contributed by atoms with van der Waals surface area (Å²) in [7, 11) is 0. The Kier molecular flexibility index (Phi) is 3.72. The highest BCUT2D eigenvalue weighted by Gasteiger charge is 2.08. The number of hydrogen-bond acceptors (Lipinski definition) is 3. The van der Waals surface area contributed by atoms with Gasteiger partial charge in [-0.1, -0.05) is 18.2 Å². The van der Waals surface area contributed by atoms with Crippen LogP contribution in [0.25, 0.3) is 0 Å². The van der Waals surface area contributed by atoms with Gasteiger partial charge in [-0.05, 0) is 24.4 Å². The molecule has 1 rings (SSSR count). The molecule has 0 aliphatic carbocycles. The van der Waals surface area contributed by atoms with Gasteiger partial charge in [-0.3, -0.25) is 5.32 Å². The number of ether oxygens (including phenoxy) is 1. The van der Waals surface area contributed by atoms with Crippen molar-refractivity contribution < 1.29 is 9.53 Å². The van der Waals surface area contributed by atoms with E-state index in [1.54, 1.807) is 0 Å². The maximum Gasteiger partial charge on any atom is 0.416 e. The lowest BCUT2D eigenvalue weighted by molar-refractivity contribution is 0.204. The Hall–Kier alpha value is -1.99. The number of nitrogens with zero attached hydrogens (tertiary/aromatic N) is 1. The van der Waals surface area contributed by atoms with Crippen LogP contribution in [-0.2, 0) is 0 Å². The second kappa shape index (κ2) is 5.03. The number of hydrogen-bond donors (Lipinski definition) is 1. The van der Waals surface area contributed by atoms with Crippen molar-refractivity contribution in [2.24, 2.45) is 0 Å². The minimum absolute atomic E-state index is 0.154. The van der Waals surface area contributed by atoms with Gasteiger partial charge < -0.3 is 4.74 Å². The van der Waals surface area contributed by atoms with Gasteiger partial charge in [-0.15, -0.1) is 0 Å². The van der Waals surface area contributed by atoms with Crippen LogP contribution in [0, 0.1) is 11.3 Å². The van der Waals surface area contributed by atoms with Gasteiger partial charge in [0, 0.05) is 5.02 Å². The Morgan fingerprint density at radius 2 is 2.40 bits per heavy atom. The second-order valence-corrected chi connectivity index (χ2v) is 2.93. The summed E-state index contributed by atoms with van der Waals surface area (Å²) in [5.74, 6) is 0.154. The minimum Gasteiger partial charge on any atom is -0.409 e. The van der Waals surface area contributed by atoms with Crippen LogP contribution >= 0.6 is 11.6 Å². The summed E-state index contributed by atoms with van der Waals surface area (Å²) >= 11 is 5.67. The Bertz CT molecular complexity index is 438. The van der Waals surface area contributed by atoms with Crippen molar-refractivity contribution in [3.05, 3.63) is 41.6 Å². The van der Waals surface area contributed by atoms with Crippen molar-refractivity contribution in [3.8, 4) is 11.8 Å². The largest absolute Gasteiger partial charge is 0.416 e. The van der Waals surface area contributed by atoms with Crippen LogP contribution in [0.5, 0.6) is 5.75 Å². The standard InChI is InChI=1S/C10H7ClN2O2/c1-2-13-10(14)15-9-4-3-8(11)5-7(9)6-12/h2-5H,1H2,(H,13,14). The van der Waals surface area contributed by atoms with Crippen molar-refractivity contribution in [1.29, 1.82) is 5.26 Å². The van der Waals surface area contributed by atoms with Crippen molar-refractivity contribution >= 4 is 17.7 Å². The molecule has 0 fully saturated rings. The first-order chi connectivity index (χ1) is 7.17. The number of carbonyl (C=O) groups is 1. The highest BCUT2D eigenvalue weighted by molar-refractivity contribution is 6.30. The van der Waals surface area contributed by atoms with E-state index in [4.69, 9.17) is 21.6 Å². The van der Waals surface area contributed by atoms with E-state index in [0.29, 0.717) is 5.02 Å². The molecule has 1 aromatic carbocycles. The predicted molar refractivity (Wildman–Crippen MR) is 55.5 cm³/mol. The average Bonchev–Trinajstić information content (AvgIpc) is 2.21. The number of benzene rings is 1. The molecule has 0 atom stereocenters. The summed E-state index contributed by atoms with van der Waals surface area (Å²) in [6.45, 7) is 3.30. The summed E-state index contributed by atoms with van der Waals surface area (Å²) < 4.78 is 4.83. The molecular weight excluding hydrogens is 216 g/mol. The fourth-order valence-corrected chi connectivity index (χ4v) is 1.06. The van der Waals surface area contributed by atoms with Crippen molar-refractivity contribution in [2.75, 3.05) is 0 Å². The molecule has 1 amide bonds. The average molecular weight is 223 g/mol. The molecule has 4 nitrogen and oxygen atoms in total. The van der Waals surface area contributed by atoms with E-state index in [2.05, 4.69) is 11.9 Å². The van der Waals surface area contributed by atoms with Gasteiger partial charge in [0.2, 0.25) is 0 Å². The molecule has 0 aliphatic rings. The maximum atomic E-state index is 11.0. The van der Waals surface area contributed by atoms with Crippen LogP contribution in [0.2, 0.25) is 5.02 Å². The lowest BCUT2D eigenvalue weighted by Gasteiger charge is -2.04. The fourth-order valence-electron chi connectivity index (χ4n) is 0.891. The zero-order valence-corrected chi connectivity index (χ0v) is 8.41. The predicted octanol–water partition coefficient (Wildman–Crippen LogP) is 2.44. The molecular formula is C10H7ClN2O2. The highest BCUT2D eigenvalue weighted by Crippen LogP contribution is 2.21. The third-order valence-corrected chi connectivity index (χ3v) is 1.72. The minimum atomic E-state index is -0.705. The van der Waals surface area contributed by atoms with Crippen LogP contribution in [0.3, 0.4) is 0 Å². The van der Waals surface area contributed by atoms with Gasteiger partial charge in [0.1, 0.15) is 6.07 Å². The molecule has 15 heavy (non-hydrogen) atoms. The molecule has 0 saturated heterocycles. The van der Waals surface area contributed by atoms with E-state index < -0.39 is 6.09 Å². The molecule has 0 heterocycles. The fraction of sp³-hybridized carbons (Fsp3) is 0. The number of amides is 1. The third kappa shape index (κ3) is 3.01. The first-order valence-electron chi connectivity index (χ1n) is 3.96. The van der Waals surface area contributed by atoms with Crippen LogP contribution in [-0.4, -0.2) is 6.09 Å². The van der Waals surface area contributed by atoms with Crippen LogP contribution < -0.4 is 10.1 Å². The molecule has 1 N–H and O–H groups in total. The van der Waals surface area contributed by atoms with Gasteiger partial charge in [0.25, 0.3) is 0 Å². The molecule has 0 radical (unpaired) electrons. The van der Waals surface area contributed by atoms with Gasteiger partial charge in [-0.25, -0.2) is 4.79 Å². The zero-order chi connectivity index (χ0) is 11.3. The Labute approximate surface area is 91.7 Å². The monoisotopic (exact) mass is 222 g/mol. The normalized spacial score (nSPS) is 8.80. The molecule has 76 valence electrons. The maximum absolute atomic E-state index is 11.0. The van der Waals surface area contributed by atoms with E-state index in [-0.39, 0.29) is 11.3 Å². The van der Waals surface area contributed by atoms with E-state index in [1.165, 1.54) is 24.4 Å². The molecule has 0 spiro atoms. The number of nitrogens with one attached hydrogen (secondary N) is 1. The summed E-state index contributed by atoms with van der Waals surface area (Å²) in [6.07, 6.45) is 0.480. The van der Waals surface area contributed by atoms with Crippen LogP contribution in [0.15, 0.2) is 31.0 Å². The third-order valence-electron chi connectivity index (χ3n) is 1.48. The van der Waals surface area contributed by atoms with Crippen molar-refractivity contribution in [1.82, 2.24) is 5.32 Å². The molecule has 1 aromatic rings. The summed E-state index contributed by atoms with van der Waals surface area (Å²) in [5, 5.41) is 11.4. The zero-order valence-electron chi connectivity index (χ0n) is 7.66. The number of rotatable bonds is 2. The number of halogens is 1. The summed E-state index contributed by atoms with van der Waals surface area (Å²) in [6, 6.07) is 6.26. The lowest BCUT2D eigenvalue weighted by atomic mass is 10.2. The molecule has 0 unspecified atom stereocenters. The van der Waals surface area contributed by atoms with Gasteiger partial charge in [-0.2, -0.15) is 5.26 Å². The Morgan fingerprint density at radius 3 is 3.00 bits per heavy atom. The van der Waals surface area contributed by atoms with Crippen LogP contribution in [0.1, 0.15) is 5.56 Å². The summed E-state index contributed by atoms with van der Waals surface area (Å²) in [5.41, 5.74) is 0.196. The molecule has 0 saturated carbocycles. The smallest absolute Gasteiger partial charge is 0.409 e. The molecule has 0 aromatic heterocycles. The first-order valence-corrected chi connectivity index (χ1v) is 4.34. The van der Waals surface area contributed by atoms with Gasteiger partial charge in [0.05, 0.1) is 5.56 Å². The highest BCUT2D eigenvalue weighted by atomic mass is 35.5. The number of carbonyl (C=O) groups excluding carboxylic acids is 1. The number of nitriles is 1. The molecule has 0 aliphatic heterocycles. The SMILES string of the molecule is C=CNC(=O)Oc1ccc(Cl)cc1C#N. The summed E-state index contributed by atoms with van der Waals surface area (Å²) in [4.78, 5) is 11.0. The quantitative estimate of drug-likeness (QED) is 0.836. The molecule has 0 bridgehead atoms. The lowest BCUT2D eigenvalue weighted by Crippen LogP contribution is -2.21. The van der Waals surface area contributed by atoms with E-state index >= 15 is 0 Å². The van der Waals surface area contributed by atoms with Gasteiger partial charge >= 0.3 is 6.09 Å². The van der Waals surface area contributed by atoms with E-state index in [0.717, 1.165) is 0 Å². The van der Waals surface area contributed by atoms with Gasteiger partial charge in [0.15, 0.2) is 5.75 Å². The molecule has 5 heteroatoms. The first kappa shape index (κ1) is 11.1. The van der Waals surface area contributed by atoms with Crippen molar-refractivity contribution in [3.63, 3.8) is 0 Å². The van der Waals surface area contributed by atoms with E-state index in [1.807, 2.05) is 6.07 Å². The Morgan fingerprint density at radius 1 is 1.67 bits per heavy atom. The topological polar surface area (TPSA) is 62.1 Å². The van der Waals surface area contributed by atoms with Crippen molar-refractivity contribution in [2.45, 2.75) is 0 Å². The Balaban J connectivity index is 2.90. The van der Waals surface area contributed by atoms with Crippen LogP contribution in [0.4, 0.5) is 4.79 Å². The van der Waals surface area contributed by atoms with E-state index in [9.17, 15) is 4.79 Å².